The van der Waals surface area contributed by atoms with Crippen LogP contribution in [0, 0.1) is 0 Å². The van der Waals surface area contributed by atoms with Gasteiger partial charge in [0.05, 0.1) is 6.61 Å². The van der Waals surface area contributed by atoms with Gasteiger partial charge in [-0.3, -0.25) is 0 Å². The molecule has 0 saturated carbocycles. The van der Waals surface area contributed by atoms with Gasteiger partial charge in [-0.05, 0) is 41.8 Å². The van der Waals surface area contributed by atoms with E-state index in [-0.39, 0.29) is 12.5 Å². The lowest BCUT2D eigenvalue weighted by Gasteiger charge is -2.16. The maximum absolute atomic E-state index is 9.57. The van der Waals surface area contributed by atoms with Crippen LogP contribution in [0.2, 0.25) is 15.1 Å². The van der Waals surface area contributed by atoms with Crippen molar-refractivity contribution in [3.8, 4) is 0 Å². The largest absolute Gasteiger partial charge is 0.396 e. The molecule has 0 aliphatic rings. The summed E-state index contributed by atoms with van der Waals surface area (Å²) in [4.78, 5) is 0. The van der Waals surface area contributed by atoms with Gasteiger partial charge in [-0.25, -0.2) is 0 Å². The van der Waals surface area contributed by atoms with Gasteiger partial charge in [0.2, 0.25) is 0 Å². The standard InChI is InChI=1S/C15H13Cl3O/c16-12-3-1-10(2-4-12)7-11(9-19)14-6-5-13(17)8-15(14)18/h1-6,8,11,19H,7,9H2/t11-/m0/s1. The maximum atomic E-state index is 9.57. The molecule has 0 heterocycles. The highest BCUT2D eigenvalue weighted by molar-refractivity contribution is 6.35. The van der Waals surface area contributed by atoms with Gasteiger partial charge >= 0.3 is 0 Å². The second-order valence-electron chi connectivity index (χ2n) is 4.38. The first kappa shape index (κ1) is 14.7. The van der Waals surface area contributed by atoms with Crippen LogP contribution in [-0.4, -0.2) is 11.7 Å². The lowest BCUT2D eigenvalue weighted by atomic mass is 9.92. The van der Waals surface area contributed by atoms with Crippen molar-refractivity contribution in [1.82, 2.24) is 0 Å². The van der Waals surface area contributed by atoms with Crippen LogP contribution in [0.1, 0.15) is 17.0 Å². The van der Waals surface area contributed by atoms with Crippen molar-refractivity contribution in [2.45, 2.75) is 12.3 Å². The van der Waals surface area contributed by atoms with E-state index < -0.39 is 0 Å². The molecule has 2 rings (SSSR count). The van der Waals surface area contributed by atoms with Crippen molar-refractivity contribution in [3.63, 3.8) is 0 Å². The van der Waals surface area contributed by atoms with E-state index in [1.54, 1.807) is 12.1 Å². The molecular formula is C15H13Cl3O. The highest BCUT2D eigenvalue weighted by Crippen LogP contribution is 2.30. The number of rotatable bonds is 4. The van der Waals surface area contributed by atoms with E-state index in [1.165, 1.54) is 0 Å². The van der Waals surface area contributed by atoms with Gasteiger partial charge in [-0.2, -0.15) is 0 Å². The minimum atomic E-state index is -0.0501. The fraction of sp³-hybridized carbons (Fsp3) is 0.200. The van der Waals surface area contributed by atoms with Gasteiger partial charge < -0.3 is 5.11 Å². The van der Waals surface area contributed by atoms with Crippen LogP contribution in [0.5, 0.6) is 0 Å². The summed E-state index contributed by atoms with van der Waals surface area (Å²) < 4.78 is 0. The Kier molecular flexibility index (Phi) is 5.12. The summed E-state index contributed by atoms with van der Waals surface area (Å²) in [6.45, 7) is 0.0317. The van der Waals surface area contributed by atoms with Crippen molar-refractivity contribution in [2.24, 2.45) is 0 Å². The molecule has 0 aliphatic heterocycles. The molecule has 1 nitrogen and oxygen atoms in total. The van der Waals surface area contributed by atoms with Crippen molar-refractivity contribution in [3.05, 3.63) is 68.7 Å². The first-order chi connectivity index (χ1) is 9.10. The van der Waals surface area contributed by atoms with E-state index in [1.807, 2.05) is 30.3 Å². The van der Waals surface area contributed by atoms with E-state index in [0.29, 0.717) is 21.5 Å². The lowest BCUT2D eigenvalue weighted by Crippen LogP contribution is -2.08. The molecule has 2 aromatic carbocycles. The van der Waals surface area contributed by atoms with Crippen molar-refractivity contribution < 1.29 is 5.11 Å². The number of aliphatic hydroxyl groups is 1. The van der Waals surface area contributed by atoms with Crippen LogP contribution in [0.25, 0.3) is 0 Å². The molecule has 1 N–H and O–H groups in total. The van der Waals surface area contributed by atoms with Crippen molar-refractivity contribution in [2.75, 3.05) is 6.61 Å². The number of aliphatic hydroxyl groups excluding tert-OH is 1. The van der Waals surface area contributed by atoms with Crippen molar-refractivity contribution in [1.29, 1.82) is 0 Å². The van der Waals surface area contributed by atoms with Gasteiger partial charge in [0.25, 0.3) is 0 Å². The first-order valence-electron chi connectivity index (χ1n) is 5.90. The van der Waals surface area contributed by atoms with Gasteiger partial charge in [0.15, 0.2) is 0 Å². The third-order valence-corrected chi connectivity index (χ3v) is 3.83. The molecule has 100 valence electrons. The lowest BCUT2D eigenvalue weighted by molar-refractivity contribution is 0.264. The second-order valence-corrected chi connectivity index (χ2v) is 5.66. The van der Waals surface area contributed by atoms with Gasteiger partial charge in [-0.15, -0.1) is 0 Å². The highest BCUT2D eigenvalue weighted by Gasteiger charge is 2.15. The molecule has 0 spiro atoms. The van der Waals surface area contributed by atoms with Crippen LogP contribution in [0.15, 0.2) is 42.5 Å². The molecule has 0 aliphatic carbocycles. The SMILES string of the molecule is OC[C@H](Cc1ccc(Cl)cc1)c1ccc(Cl)cc1Cl. The summed E-state index contributed by atoms with van der Waals surface area (Å²) in [7, 11) is 0. The van der Waals surface area contributed by atoms with E-state index in [0.717, 1.165) is 11.1 Å². The fourth-order valence-electron chi connectivity index (χ4n) is 2.01. The zero-order valence-corrected chi connectivity index (χ0v) is 12.4. The highest BCUT2D eigenvalue weighted by atomic mass is 35.5. The summed E-state index contributed by atoms with van der Waals surface area (Å²) in [5, 5.41) is 11.5. The molecule has 0 radical (unpaired) electrons. The normalized spacial score (nSPS) is 12.4. The summed E-state index contributed by atoms with van der Waals surface area (Å²) in [6.07, 6.45) is 0.703. The summed E-state index contributed by atoms with van der Waals surface area (Å²) in [5.74, 6) is -0.0501. The van der Waals surface area contributed by atoms with Gasteiger partial charge in [-0.1, -0.05) is 53.0 Å². The van der Waals surface area contributed by atoms with E-state index in [9.17, 15) is 5.11 Å². The summed E-state index contributed by atoms with van der Waals surface area (Å²) >= 11 is 17.9. The Morgan fingerprint density at radius 3 is 2.11 bits per heavy atom. The monoisotopic (exact) mass is 314 g/mol. The number of halogens is 3. The Labute approximate surface area is 127 Å². The van der Waals surface area contributed by atoms with Crippen LogP contribution >= 0.6 is 34.8 Å². The maximum Gasteiger partial charge on any atom is 0.0503 e. The van der Waals surface area contributed by atoms with Crippen LogP contribution in [0.4, 0.5) is 0 Å². The molecule has 19 heavy (non-hydrogen) atoms. The average molecular weight is 316 g/mol. The van der Waals surface area contributed by atoms with Crippen LogP contribution in [-0.2, 0) is 6.42 Å². The minimum Gasteiger partial charge on any atom is -0.396 e. The fourth-order valence-corrected chi connectivity index (χ4v) is 2.70. The average Bonchev–Trinajstić information content (AvgIpc) is 2.39. The summed E-state index contributed by atoms with van der Waals surface area (Å²) in [5.41, 5.74) is 2.01. The van der Waals surface area contributed by atoms with Gasteiger partial charge in [0.1, 0.15) is 0 Å². The Bertz CT molecular complexity index is 552. The molecule has 0 saturated heterocycles. The molecular weight excluding hydrogens is 303 g/mol. The zero-order chi connectivity index (χ0) is 13.8. The Morgan fingerprint density at radius 2 is 1.53 bits per heavy atom. The van der Waals surface area contributed by atoms with Crippen molar-refractivity contribution >= 4 is 34.8 Å². The molecule has 0 fully saturated rings. The number of hydrogen-bond donors (Lipinski definition) is 1. The molecule has 0 unspecified atom stereocenters. The Morgan fingerprint density at radius 1 is 0.895 bits per heavy atom. The predicted octanol–water partition coefficient (Wildman–Crippen LogP) is 4.97. The van der Waals surface area contributed by atoms with E-state index in [4.69, 9.17) is 34.8 Å². The van der Waals surface area contributed by atoms with Crippen LogP contribution in [0.3, 0.4) is 0 Å². The summed E-state index contributed by atoms with van der Waals surface area (Å²) in [6, 6.07) is 12.9. The molecule has 0 amide bonds. The van der Waals surface area contributed by atoms with Gasteiger partial charge in [0, 0.05) is 21.0 Å². The minimum absolute atomic E-state index is 0.0317. The number of benzene rings is 2. The molecule has 2 aromatic rings. The zero-order valence-electron chi connectivity index (χ0n) is 10.1. The number of hydrogen-bond acceptors (Lipinski definition) is 1. The third kappa shape index (κ3) is 3.87. The first-order valence-corrected chi connectivity index (χ1v) is 7.04. The van der Waals surface area contributed by atoms with E-state index >= 15 is 0 Å². The van der Waals surface area contributed by atoms with Crippen LogP contribution < -0.4 is 0 Å². The predicted molar refractivity (Wildman–Crippen MR) is 81.4 cm³/mol. The Balaban J connectivity index is 2.22. The van der Waals surface area contributed by atoms with E-state index in [2.05, 4.69) is 0 Å². The second kappa shape index (κ2) is 6.62. The topological polar surface area (TPSA) is 20.2 Å². The third-order valence-electron chi connectivity index (χ3n) is 3.02. The Hall–Kier alpha value is -0.730. The molecule has 0 aromatic heterocycles. The molecule has 0 bridgehead atoms. The molecule has 1 atom stereocenters. The smallest absolute Gasteiger partial charge is 0.0503 e. The quantitative estimate of drug-likeness (QED) is 0.845. The molecule has 4 heteroatoms.